The Bertz CT molecular complexity index is 2350. The van der Waals surface area contributed by atoms with Crippen LogP contribution in [0.4, 0.5) is 10.6 Å². The second-order valence-electron chi connectivity index (χ2n) is 16.6. The summed E-state index contributed by atoms with van der Waals surface area (Å²) >= 11 is 6.25. The number of benzene rings is 1. The molecule has 1 aromatic carbocycles. The van der Waals surface area contributed by atoms with Gasteiger partial charge in [0.1, 0.15) is 35.9 Å². The van der Waals surface area contributed by atoms with E-state index in [0.29, 0.717) is 6.42 Å². The number of hydrogen-bond donors (Lipinski definition) is 2. The van der Waals surface area contributed by atoms with Crippen LogP contribution in [0.5, 0.6) is 5.75 Å². The van der Waals surface area contributed by atoms with Crippen molar-refractivity contribution in [1.82, 2.24) is 19.5 Å². The van der Waals surface area contributed by atoms with E-state index < -0.39 is 60.0 Å². The van der Waals surface area contributed by atoms with Crippen molar-refractivity contribution in [2.75, 3.05) is 11.9 Å². The number of para-hydroxylation sites is 1. The Hall–Kier alpha value is -5.77. The molecule has 3 aromatic heterocycles. The molecule has 0 saturated carbocycles. The molecule has 1 aliphatic rings. The number of aliphatic hydroxyl groups is 1. The number of hydrogen-bond acceptors (Lipinski definition) is 16. The number of unbranched alkanes of at least 4 members (excludes halogenated alkanes) is 12. The first-order valence-electron chi connectivity index (χ1n) is 22.1. The molecule has 352 valence electrons. The van der Waals surface area contributed by atoms with Crippen molar-refractivity contribution in [3.63, 3.8) is 0 Å². The number of anilines is 1. The number of halogens is 1. The minimum atomic E-state index is -1.81. The molecule has 19 heteroatoms. The predicted molar refractivity (Wildman–Crippen MR) is 236 cm³/mol. The van der Waals surface area contributed by atoms with Crippen LogP contribution in [0.2, 0.25) is 5.28 Å². The first kappa shape index (κ1) is 50.2. The molecule has 3 atom stereocenters. The number of nitrogens with zero attached hydrogens (tertiary/aromatic N) is 4. The standard InChI is InChI=1S/C46H58ClN5O13/c1-6-8-9-10-11-12-13-14-15-16-17-18-19-24-36(54)62-32-23-21-20-22-31(32)41(56)60-28-46(7-2)34(53)25-35(64-46)52-29-48-38-39(49-42(47)51-40(38)52)50-43(57)65-45(4,5)26-37(55)59-27-33-30(3)61-44(58)63-33/h2,20-23,29,34-35,53H,6,8-19,24-28H2,1,3-5H3,(H,49,50,51,57)/t34-,35+,46+/m0/s1. The zero-order valence-electron chi connectivity index (χ0n) is 37.4. The lowest BCUT2D eigenvalue weighted by atomic mass is 9.99. The molecule has 1 amide bonds. The number of esters is 3. The fourth-order valence-electron chi connectivity index (χ4n) is 7.31. The quantitative estimate of drug-likeness (QED) is 0.0158. The Morgan fingerprint density at radius 2 is 1.63 bits per heavy atom. The number of nitrogens with one attached hydrogen (secondary N) is 1. The minimum absolute atomic E-state index is 0.00658. The minimum Gasteiger partial charge on any atom is -0.458 e. The number of carbonyl (C=O) groups excluding carboxylic acids is 4. The summed E-state index contributed by atoms with van der Waals surface area (Å²) in [6.45, 7) is 5.73. The summed E-state index contributed by atoms with van der Waals surface area (Å²) in [5.41, 5.74) is -3.05. The van der Waals surface area contributed by atoms with Gasteiger partial charge in [0.25, 0.3) is 0 Å². The van der Waals surface area contributed by atoms with Crippen LogP contribution < -0.4 is 15.9 Å². The third-order valence-corrected chi connectivity index (χ3v) is 11.0. The second kappa shape index (κ2) is 24.0. The van der Waals surface area contributed by atoms with Crippen molar-refractivity contribution in [2.45, 2.75) is 161 Å². The molecule has 65 heavy (non-hydrogen) atoms. The number of fused-ring (bicyclic) bond motifs is 1. The summed E-state index contributed by atoms with van der Waals surface area (Å²) in [5.74, 6) is -0.476. The average molecular weight is 924 g/mol. The van der Waals surface area contributed by atoms with Gasteiger partial charge in [-0.05, 0) is 50.9 Å². The summed E-state index contributed by atoms with van der Waals surface area (Å²) in [6, 6.07) is 6.19. The Morgan fingerprint density at radius 1 is 0.969 bits per heavy atom. The van der Waals surface area contributed by atoms with Crippen LogP contribution in [-0.4, -0.2) is 72.5 Å². The number of aryl methyl sites for hydroxylation is 1. The number of aromatic nitrogens is 4. The third-order valence-electron chi connectivity index (χ3n) is 10.9. The van der Waals surface area contributed by atoms with E-state index >= 15 is 0 Å². The fourth-order valence-corrected chi connectivity index (χ4v) is 7.47. The number of terminal acetylenes is 1. The molecular formula is C46H58ClN5O13. The monoisotopic (exact) mass is 923 g/mol. The van der Waals surface area contributed by atoms with Crippen LogP contribution in [0, 0.1) is 19.3 Å². The lowest BCUT2D eigenvalue weighted by Crippen LogP contribution is -2.43. The molecule has 1 saturated heterocycles. The highest BCUT2D eigenvalue weighted by Gasteiger charge is 2.49. The summed E-state index contributed by atoms with van der Waals surface area (Å²) in [4.78, 5) is 75.5. The third kappa shape index (κ3) is 14.6. The first-order chi connectivity index (χ1) is 31.1. The van der Waals surface area contributed by atoms with Gasteiger partial charge in [0, 0.05) is 12.8 Å². The van der Waals surface area contributed by atoms with Crippen LogP contribution in [-0.2, 0) is 35.1 Å². The molecule has 2 N–H and O–H groups in total. The Morgan fingerprint density at radius 3 is 2.28 bits per heavy atom. The van der Waals surface area contributed by atoms with E-state index in [-0.39, 0.29) is 71.0 Å². The summed E-state index contributed by atoms with van der Waals surface area (Å²) in [5, 5.41) is 13.4. The van der Waals surface area contributed by atoms with E-state index in [0.717, 1.165) is 19.3 Å². The molecule has 5 rings (SSSR count). The molecule has 1 aliphatic heterocycles. The van der Waals surface area contributed by atoms with Crippen molar-refractivity contribution in [3.05, 3.63) is 63.6 Å². The zero-order valence-corrected chi connectivity index (χ0v) is 38.1. The van der Waals surface area contributed by atoms with Crippen molar-refractivity contribution in [1.29, 1.82) is 0 Å². The molecule has 18 nitrogen and oxygen atoms in total. The zero-order chi connectivity index (χ0) is 47.0. The van der Waals surface area contributed by atoms with Gasteiger partial charge in [0.2, 0.25) is 5.28 Å². The average Bonchev–Trinajstić information content (AvgIpc) is 3.93. The van der Waals surface area contributed by atoms with E-state index in [9.17, 15) is 29.1 Å². The van der Waals surface area contributed by atoms with Crippen LogP contribution in [0.15, 0.2) is 44.2 Å². The van der Waals surface area contributed by atoms with Crippen LogP contribution in [0.3, 0.4) is 0 Å². The van der Waals surface area contributed by atoms with Crippen molar-refractivity contribution in [2.24, 2.45) is 0 Å². The van der Waals surface area contributed by atoms with Crippen LogP contribution >= 0.6 is 11.6 Å². The highest BCUT2D eigenvalue weighted by molar-refractivity contribution is 6.28. The molecule has 0 unspecified atom stereocenters. The van der Waals surface area contributed by atoms with E-state index in [1.165, 1.54) is 102 Å². The highest BCUT2D eigenvalue weighted by atomic mass is 35.5. The van der Waals surface area contributed by atoms with Crippen molar-refractivity contribution < 1.29 is 56.8 Å². The van der Waals surface area contributed by atoms with Gasteiger partial charge >= 0.3 is 29.8 Å². The Kier molecular flexibility index (Phi) is 18.5. The first-order valence-corrected chi connectivity index (χ1v) is 22.5. The maximum atomic E-state index is 13.4. The summed E-state index contributed by atoms with van der Waals surface area (Å²) < 4.78 is 38.9. The number of ether oxygens (including phenoxy) is 5. The van der Waals surface area contributed by atoms with E-state index in [1.807, 2.05) is 0 Å². The molecule has 1 fully saturated rings. The number of amides is 1. The van der Waals surface area contributed by atoms with E-state index in [1.54, 1.807) is 12.1 Å². The molecule has 4 heterocycles. The van der Waals surface area contributed by atoms with E-state index in [4.69, 9.17) is 50.5 Å². The predicted octanol–water partition coefficient (Wildman–Crippen LogP) is 8.69. The van der Waals surface area contributed by atoms with Gasteiger partial charge in [-0.2, -0.15) is 9.97 Å². The lowest BCUT2D eigenvalue weighted by molar-refractivity contribution is -0.149. The Labute approximate surface area is 382 Å². The number of aliphatic hydroxyl groups excluding tert-OH is 1. The lowest BCUT2D eigenvalue weighted by Gasteiger charge is -2.26. The van der Waals surface area contributed by atoms with Crippen molar-refractivity contribution in [3.8, 4) is 18.1 Å². The SMILES string of the molecule is C#C[C@]1(COC(=O)c2ccccc2OC(=O)CCCCCCCCCCCCCCC)O[C@@H](n2cnc3c(NC(=O)OC(C)(C)CC(=O)OCc4oc(=O)oc4C)nc(Cl)nc32)C[C@@H]1O. The van der Waals surface area contributed by atoms with Crippen LogP contribution in [0.25, 0.3) is 11.2 Å². The smallest absolute Gasteiger partial charge is 0.458 e. The molecule has 0 bridgehead atoms. The fraction of sp³-hybridized carbons (Fsp3) is 0.565. The Balaban J connectivity index is 1.11. The molecule has 0 radical (unpaired) electrons. The van der Waals surface area contributed by atoms with Crippen molar-refractivity contribution >= 4 is 52.6 Å². The van der Waals surface area contributed by atoms with E-state index in [2.05, 4.69) is 33.1 Å². The summed E-state index contributed by atoms with van der Waals surface area (Å²) in [6.07, 6.45) is 19.0. The van der Waals surface area contributed by atoms with Crippen LogP contribution in [0.1, 0.15) is 152 Å². The van der Waals surface area contributed by atoms with Gasteiger partial charge < -0.3 is 37.6 Å². The summed E-state index contributed by atoms with van der Waals surface area (Å²) in [7, 11) is 0. The van der Waals surface area contributed by atoms with Gasteiger partial charge in [-0.1, -0.05) is 102 Å². The highest BCUT2D eigenvalue weighted by Crippen LogP contribution is 2.39. The van der Waals surface area contributed by atoms with Gasteiger partial charge in [-0.25, -0.2) is 19.4 Å². The normalized spacial score (nSPS) is 17.1. The molecular weight excluding hydrogens is 866 g/mol. The number of rotatable bonds is 25. The number of imidazole rings is 1. The number of carbonyl (C=O) groups is 4. The largest absolute Gasteiger partial charge is 0.519 e. The maximum absolute atomic E-state index is 13.4. The second-order valence-corrected chi connectivity index (χ2v) is 16.9. The van der Waals surface area contributed by atoms with Gasteiger partial charge in [0.15, 0.2) is 40.7 Å². The topological polar surface area (TPSA) is 234 Å². The maximum Gasteiger partial charge on any atom is 0.519 e. The van der Waals surface area contributed by atoms with Gasteiger partial charge in [0.05, 0.1) is 12.7 Å². The van der Waals surface area contributed by atoms with Gasteiger partial charge in [-0.15, -0.1) is 6.42 Å². The molecule has 0 spiro atoms. The van der Waals surface area contributed by atoms with Gasteiger partial charge in [-0.3, -0.25) is 19.5 Å². The molecule has 0 aliphatic carbocycles. The molecule has 4 aromatic rings.